The molecule has 1 aliphatic heterocycles. The molecule has 1 rings (SSSR count). The molecule has 0 atom stereocenters. The summed E-state index contributed by atoms with van der Waals surface area (Å²) >= 11 is 0. The molecule has 1 heterocycles. The molecule has 0 amide bonds. The Morgan fingerprint density at radius 1 is 0.515 bits per heavy atom. The third kappa shape index (κ3) is 4.57. The summed E-state index contributed by atoms with van der Waals surface area (Å²) in [7, 11) is -7.14. The van der Waals surface area contributed by atoms with Crippen molar-refractivity contribution in [3.8, 4) is 0 Å². The molecule has 0 saturated carbocycles. The van der Waals surface area contributed by atoms with Gasteiger partial charge in [0, 0.05) is 0 Å². The fourth-order valence-electron chi connectivity index (χ4n) is 8.81. The average molecular weight is 514 g/mol. The van der Waals surface area contributed by atoms with Gasteiger partial charge in [-0.25, -0.2) is 0 Å². The first-order chi connectivity index (χ1) is 13.9. The van der Waals surface area contributed by atoms with E-state index in [0.29, 0.717) is 0 Å². The molecule has 5 heteroatoms. The van der Waals surface area contributed by atoms with Gasteiger partial charge < -0.3 is 8.76 Å². The molecule has 2 nitrogen and oxygen atoms in total. The van der Waals surface area contributed by atoms with E-state index in [4.69, 9.17) is 8.76 Å². The molecule has 0 aromatic heterocycles. The molecule has 33 heavy (non-hydrogen) atoms. The third-order valence-corrected chi connectivity index (χ3v) is 32.2. The van der Waals surface area contributed by atoms with Crippen molar-refractivity contribution >= 4 is 25.0 Å². The van der Waals surface area contributed by atoms with Crippen LogP contribution in [-0.4, -0.2) is 25.0 Å². The summed E-state index contributed by atoms with van der Waals surface area (Å²) in [6.45, 7) is 50.3. The van der Waals surface area contributed by atoms with E-state index < -0.39 is 25.0 Å². The summed E-state index contributed by atoms with van der Waals surface area (Å²) in [5.74, 6) is 0. The second kappa shape index (κ2) is 8.03. The summed E-state index contributed by atoms with van der Waals surface area (Å²) in [4.78, 5) is 0. The smallest absolute Gasteiger partial charge is 0.262 e. The van der Waals surface area contributed by atoms with Crippen molar-refractivity contribution in [1.82, 2.24) is 4.65 Å². The minimum Gasteiger partial charge on any atom is -0.443 e. The second-order valence-corrected chi connectivity index (χ2v) is 35.1. The predicted octanol–water partition coefficient (Wildman–Crippen LogP) is 10.5. The lowest BCUT2D eigenvalue weighted by atomic mass is 10.2. The van der Waals surface area contributed by atoms with Crippen LogP contribution in [0.4, 0.5) is 0 Å². The highest BCUT2D eigenvalue weighted by Crippen LogP contribution is 2.72. The van der Waals surface area contributed by atoms with Gasteiger partial charge >= 0.3 is 0 Å². The number of hydrogen-bond acceptors (Lipinski definition) is 2. The maximum atomic E-state index is 8.23. The standard InChI is InChI=1S/C28H63NOSi3/c1-22(2,3)31(23(4,5)6)21-28(19,20)32(24(7,8)9,25(10,11)12)29-33(30-31,26(13,14)15)27(16,17)18/h29H,21H2,1-20H3. The number of rotatable bonds is 0. The van der Waals surface area contributed by atoms with Crippen molar-refractivity contribution in [1.29, 1.82) is 0 Å². The van der Waals surface area contributed by atoms with Crippen LogP contribution in [0.3, 0.4) is 0 Å². The molecule has 0 aromatic carbocycles. The lowest BCUT2D eigenvalue weighted by Crippen LogP contribution is -2.80. The molecule has 0 aromatic rings. The minimum atomic E-state index is -2.56. The highest BCUT2D eigenvalue weighted by atomic mass is 28.5. The van der Waals surface area contributed by atoms with E-state index in [1.54, 1.807) is 0 Å². The molecule has 0 radical (unpaired) electrons. The lowest BCUT2D eigenvalue weighted by molar-refractivity contribution is 0.350. The topological polar surface area (TPSA) is 21.3 Å². The normalized spacial score (nSPS) is 24.4. The maximum absolute atomic E-state index is 8.23. The second-order valence-electron chi connectivity index (χ2n) is 18.0. The first-order valence-corrected chi connectivity index (χ1v) is 19.4. The highest BCUT2D eigenvalue weighted by molar-refractivity contribution is 7.03. The van der Waals surface area contributed by atoms with Gasteiger partial charge in [0.25, 0.3) is 8.48 Å². The van der Waals surface area contributed by atoms with Gasteiger partial charge in [-0.3, -0.25) is 0 Å². The molecule has 0 unspecified atom stereocenters. The molecular weight excluding hydrogens is 451 g/mol. The summed E-state index contributed by atoms with van der Waals surface area (Å²) in [5.41, 5.74) is 0. The van der Waals surface area contributed by atoms with Gasteiger partial charge in [0.2, 0.25) is 0 Å². The molecule has 1 N–H and O–H groups in total. The first-order valence-electron chi connectivity index (χ1n) is 13.4. The predicted molar refractivity (Wildman–Crippen MR) is 159 cm³/mol. The van der Waals surface area contributed by atoms with E-state index in [-0.39, 0.29) is 35.3 Å². The van der Waals surface area contributed by atoms with Crippen LogP contribution in [0.15, 0.2) is 0 Å². The van der Waals surface area contributed by atoms with Gasteiger partial charge in [0.15, 0.2) is 8.32 Å². The van der Waals surface area contributed by atoms with Crippen molar-refractivity contribution in [2.24, 2.45) is 0 Å². The zero-order valence-corrected chi connectivity index (χ0v) is 29.6. The Labute approximate surface area is 213 Å². The maximum Gasteiger partial charge on any atom is 0.262 e. The van der Waals surface area contributed by atoms with Crippen molar-refractivity contribution < 1.29 is 4.12 Å². The highest BCUT2D eigenvalue weighted by Gasteiger charge is 2.75. The Kier molecular flexibility index (Phi) is 7.69. The van der Waals surface area contributed by atoms with E-state index in [2.05, 4.69) is 138 Å². The Bertz CT molecular complexity index is 671. The van der Waals surface area contributed by atoms with Crippen LogP contribution in [-0.2, 0) is 4.12 Å². The van der Waals surface area contributed by atoms with E-state index >= 15 is 0 Å². The molecule has 1 fully saturated rings. The fourth-order valence-corrected chi connectivity index (χ4v) is 41.1. The fraction of sp³-hybridized carbons (Fsp3) is 1.00. The third-order valence-electron chi connectivity index (χ3n) is 9.18. The Hall–Kier alpha value is 0.571. The van der Waals surface area contributed by atoms with Gasteiger partial charge in [0.05, 0.1) is 0 Å². The van der Waals surface area contributed by atoms with Crippen molar-refractivity contribution in [2.75, 3.05) is 0 Å². The van der Waals surface area contributed by atoms with Crippen LogP contribution in [0.25, 0.3) is 0 Å². The Balaban J connectivity index is 4.51. The van der Waals surface area contributed by atoms with Crippen molar-refractivity contribution in [2.45, 2.75) is 180 Å². The van der Waals surface area contributed by atoms with Gasteiger partial charge in [-0.1, -0.05) is 138 Å². The Morgan fingerprint density at radius 3 is 1.03 bits per heavy atom. The van der Waals surface area contributed by atoms with Gasteiger partial charge in [-0.05, 0) is 41.3 Å². The van der Waals surface area contributed by atoms with Crippen LogP contribution in [0.1, 0.15) is 138 Å². The SMILES string of the molecule is CC(C)(C)[Si]1(C(C)(C)C)CC(C)(C)[Si](C(C)(C)C)(C(C)(C)C)N[Si](C(C)(C)C)(C(C)(C)C)O1. The molecular formula is C28H63NOSi3. The van der Waals surface area contributed by atoms with Crippen molar-refractivity contribution in [3.63, 3.8) is 0 Å². The quantitative estimate of drug-likeness (QED) is 0.325. The zero-order valence-electron chi connectivity index (χ0n) is 26.6. The zero-order chi connectivity index (χ0) is 27.1. The molecule has 198 valence electrons. The van der Waals surface area contributed by atoms with Gasteiger partial charge in [-0.15, -0.1) is 0 Å². The largest absolute Gasteiger partial charge is 0.443 e. The summed E-state index contributed by atoms with van der Waals surface area (Å²) in [5, 5.41) is 0.963. The average Bonchev–Trinajstić information content (AvgIpc) is 2.53. The van der Waals surface area contributed by atoms with Crippen molar-refractivity contribution in [3.05, 3.63) is 0 Å². The van der Waals surface area contributed by atoms with Crippen LogP contribution in [0.5, 0.6) is 0 Å². The Morgan fingerprint density at radius 2 is 0.818 bits per heavy atom. The molecule has 1 aliphatic rings. The van der Waals surface area contributed by atoms with E-state index in [0.717, 1.165) is 0 Å². The molecule has 1 saturated heterocycles. The molecule has 0 aliphatic carbocycles. The first kappa shape index (κ1) is 31.6. The van der Waals surface area contributed by atoms with Crippen LogP contribution in [0, 0.1) is 0 Å². The monoisotopic (exact) mass is 513 g/mol. The van der Waals surface area contributed by atoms with Gasteiger partial charge in [0.1, 0.15) is 8.24 Å². The summed E-state index contributed by atoms with van der Waals surface area (Å²) < 4.78 is 13.0. The van der Waals surface area contributed by atoms with E-state index in [1.165, 1.54) is 6.04 Å². The molecule has 0 bridgehead atoms. The van der Waals surface area contributed by atoms with Gasteiger partial charge in [-0.2, -0.15) is 0 Å². The van der Waals surface area contributed by atoms with Crippen LogP contribution < -0.4 is 4.65 Å². The number of nitrogens with one attached hydrogen (secondary N) is 1. The van der Waals surface area contributed by atoms with E-state index in [1.807, 2.05) is 0 Å². The minimum absolute atomic E-state index is 0.0647. The van der Waals surface area contributed by atoms with Crippen LogP contribution in [0.2, 0.25) is 41.3 Å². The summed E-state index contributed by atoms with van der Waals surface area (Å²) in [6.07, 6.45) is 0. The lowest BCUT2D eigenvalue weighted by Gasteiger charge is -2.64. The summed E-state index contributed by atoms with van der Waals surface area (Å²) in [6, 6.07) is 1.22. The van der Waals surface area contributed by atoms with Crippen LogP contribution >= 0.6 is 0 Å². The van der Waals surface area contributed by atoms with E-state index in [9.17, 15) is 0 Å². The number of hydrogen-bond donors (Lipinski definition) is 1. The molecule has 0 spiro atoms.